The summed E-state index contributed by atoms with van der Waals surface area (Å²) in [5, 5.41) is 7.21. The molecule has 1 amide bonds. The fraction of sp³-hybridized carbons (Fsp3) is 0.591. The summed E-state index contributed by atoms with van der Waals surface area (Å²) in [5.41, 5.74) is -2.64. The van der Waals surface area contributed by atoms with Gasteiger partial charge in [0.25, 0.3) is 0 Å². The Hall–Kier alpha value is -2.59. The molecule has 0 saturated heterocycles. The summed E-state index contributed by atoms with van der Waals surface area (Å²) in [6.07, 6.45) is -6.29. The van der Waals surface area contributed by atoms with E-state index in [0.29, 0.717) is 12.1 Å². The lowest BCUT2D eigenvalue weighted by molar-refractivity contribution is -0.351. The molecular formula is C22H24F6N4O. The van der Waals surface area contributed by atoms with Crippen molar-refractivity contribution in [2.45, 2.75) is 63.8 Å². The number of pyridine rings is 1. The number of aromatic nitrogens is 3. The molecule has 11 heteroatoms. The molecule has 180 valence electrons. The van der Waals surface area contributed by atoms with E-state index in [4.69, 9.17) is 0 Å². The first-order valence-corrected chi connectivity index (χ1v) is 10.8. The normalized spacial score (nSPS) is 25.2. The Balaban J connectivity index is 1.54. The average Bonchev–Trinajstić information content (AvgIpc) is 3.03. The van der Waals surface area contributed by atoms with Gasteiger partial charge in [-0.15, -0.1) is 0 Å². The van der Waals surface area contributed by atoms with Crippen LogP contribution in [0, 0.1) is 10.8 Å². The molecule has 3 saturated carbocycles. The molecule has 0 spiro atoms. The number of amides is 1. The zero-order valence-corrected chi connectivity index (χ0v) is 18.1. The highest BCUT2D eigenvalue weighted by molar-refractivity contribution is 5.87. The van der Waals surface area contributed by atoms with Gasteiger partial charge in [-0.2, -0.15) is 31.4 Å². The summed E-state index contributed by atoms with van der Waals surface area (Å²) in [6.45, 7) is 1.97. The van der Waals surface area contributed by atoms with Crippen molar-refractivity contribution in [3.05, 3.63) is 35.8 Å². The van der Waals surface area contributed by atoms with Gasteiger partial charge in [0.05, 0.1) is 28.3 Å². The predicted octanol–water partition coefficient (Wildman–Crippen LogP) is 5.58. The van der Waals surface area contributed by atoms with Crippen LogP contribution >= 0.6 is 0 Å². The quantitative estimate of drug-likeness (QED) is 0.533. The van der Waals surface area contributed by atoms with Crippen LogP contribution in [0.1, 0.15) is 62.9 Å². The van der Waals surface area contributed by atoms with Crippen molar-refractivity contribution < 1.29 is 31.1 Å². The third-order valence-corrected chi connectivity index (χ3v) is 6.88. The van der Waals surface area contributed by atoms with Crippen LogP contribution in [0.4, 0.5) is 26.3 Å². The van der Waals surface area contributed by atoms with Crippen LogP contribution in [-0.2, 0) is 18.0 Å². The molecule has 3 fully saturated rings. The summed E-state index contributed by atoms with van der Waals surface area (Å²) >= 11 is 0. The van der Waals surface area contributed by atoms with Crippen molar-refractivity contribution in [3.63, 3.8) is 0 Å². The highest BCUT2D eigenvalue weighted by Gasteiger charge is 2.80. The van der Waals surface area contributed by atoms with E-state index in [9.17, 15) is 31.1 Å². The molecule has 1 N–H and O–H groups in total. The van der Waals surface area contributed by atoms with Crippen molar-refractivity contribution in [1.29, 1.82) is 0 Å². The Kier molecular flexibility index (Phi) is 5.52. The molecule has 0 radical (unpaired) electrons. The van der Waals surface area contributed by atoms with Gasteiger partial charge in [-0.1, -0.05) is 19.8 Å². The fourth-order valence-corrected chi connectivity index (χ4v) is 5.04. The highest BCUT2D eigenvalue weighted by atomic mass is 19.4. The number of carbonyl (C=O) groups is 1. The zero-order chi connectivity index (χ0) is 24.2. The molecule has 2 heterocycles. The number of halogens is 6. The maximum atomic E-state index is 13.2. The monoisotopic (exact) mass is 474 g/mol. The Morgan fingerprint density at radius 1 is 1.18 bits per heavy atom. The Labute approximate surface area is 186 Å². The molecule has 2 aromatic rings. The Morgan fingerprint density at radius 2 is 1.85 bits per heavy atom. The molecule has 3 aliphatic carbocycles. The molecule has 2 aromatic heterocycles. The van der Waals surface area contributed by atoms with Crippen LogP contribution in [0.2, 0.25) is 0 Å². The van der Waals surface area contributed by atoms with Crippen molar-refractivity contribution >= 4 is 5.91 Å². The number of nitrogens with one attached hydrogen (secondary N) is 1. The Bertz CT molecular complexity index is 1040. The standard InChI is InChI=1S/C22H24F6N4O/c1-3-4-5-14(30-18(33)19-10-20(11-19,12-19)22(26,27)28)16-9-15(31-32(16)2)13-6-7-29-17(8-13)21(23,24)25/h6-9,14H,3-5,10-12H2,1-2H3,(H,30,33). The molecule has 2 bridgehead atoms. The second kappa shape index (κ2) is 7.73. The number of alkyl halides is 6. The molecule has 1 atom stereocenters. The summed E-state index contributed by atoms with van der Waals surface area (Å²) in [7, 11) is 1.62. The second-order valence-electron chi connectivity index (χ2n) is 9.26. The minimum atomic E-state index is -4.60. The molecule has 0 aliphatic heterocycles. The summed E-state index contributed by atoms with van der Waals surface area (Å²) in [5.74, 6) is -0.402. The first-order valence-electron chi connectivity index (χ1n) is 10.8. The lowest BCUT2D eigenvalue weighted by Crippen LogP contribution is -2.72. The maximum absolute atomic E-state index is 13.2. The average molecular weight is 474 g/mol. The first kappa shape index (κ1) is 23.6. The van der Waals surface area contributed by atoms with Gasteiger partial charge >= 0.3 is 12.4 Å². The van der Waals surface area contributed by atoms with Crippen molar-refractivity contribution in [2.24, 2.45) is 17.9 Å². The van der Waals surface area contributed by atoms with Crippen molar-refractivity contribution in [3.8, 4) is 11.3 Å². The van der Waals surface area contributed by atoms with Gasteiger partial charge in [0, 0.05) is 18.8 Å². The van der Waals surface area contributed by atoms with E-state index in [0.717, 1.165) is 25.1 Å². The number of unbranched alkanes of at least 4 members (excludes halogenated alkanes) is 1. The molecule has 1 unspecified atom stereocenters. The van der Waals surface area contributed by atoms with E-state index in [2.05, 4.69) is 15.4 Å². The molecule has 5 rings (SSSR count). The van der Waals surface area contributed by atoms with Crippen LogP contribution in [-0.4, -0.2) is 26.8 Å². The van der Waals surface area contributed by atoms with Crippen molar-refractivity contribution in [1.82, 2.24) is 20.1 Å². The SMILES string of the molecule is CCCCC(NC(=O)C12CC(C(F)(F)F)(C1)C2)c1cc(-c2ccnc(C(F)(F)F)c2)nn1C. The van der Waals surface area contributed by atoms with Gasteiger partial charge < -0.3 is 5.32 Å². The third-order valence-electron chi connectivity index (χ3n) is 6.88. The minimum absolute atomic E-state index is 0.191. The smallest absolute Gasteiger partial charge is 0.347 e. The van der Waals surface area contributed by atoms with E-state index in [1.807, 2.05) is 6.92 Å². The van der Waals surface area contributed by atoms with Gasteiger partial charge in [-0.25, -0.2) is 0 Å². The largest absolute Gasteiger partial charge is 0.433 e. The van der Waals surface area contributed by atoms with Crippen LogP contribution in [0.25, 0.3) is 11.3 Å². The zero-order valence-electron chi connectivity index (χ0n) is 18.1. The van der Waals surface area contributed by atoms with Crippen LogP contribution in [0.15, 0.2) is 24.4 Å². The summed E-state index contributed by atoms with van der Waals surface area (Å²) < 4.78 is 80.0. The van der Waals surface area contributed by atoms with Crippen LogP contribution < -0.4 is 5.32 Å². The number of carbonyl (C=O) groups excluding carboxylic acids is 1. The first-order chi connectivity index (χ1) is 15.3. The molecule has 0 aromatic carbocycles. The summed E-state index contributed by atoms with van der Waals surface area (Å²) in [6, 6.07) is 3.42. The lowest BCUT2D eigenvalue weighted by atomic mass is 9.34. The predicted molar refractivity (Wildman–Crippen MR) is 107 cm³/mol. The van der Waals surface area contributed by atoms with Crippen LogP contribution in [0.3, 0.4) is 0 Å². The van der Waals surface area contributed by atoms with Gasteiger partial charge in [0.1, 0.15) is 5.69 Å². The van der Waals surface area contributed by atoms with E-state index < -0.39 is 40.8 Å². The van der Waals surface area contributed by atoms with E-state index in [1.54, 1.807) is 13.1 Å². The van der Waals surface area contributed by atoms with Gasteiger partial charge in [-0.05, 0) is 43.9 Å². The second-order valence-corrected chi connectivity index (χ2v) is 9.26. The van der Waals surface area contributed by atoms with E-state index >= 15 is 0 Å². The molecule has 33 heavy (non-hydrogen) atoms. The number of aryl methyl sites for hydroxylation is 1. The van der Waals surface area contributed by atoms with Gasteiger partial charge in [0.2, 0.25) is 5.91 Å². The fourth-order valence-electron chi connectivity index (χ4n) is 5.04. The number of hydrogen-bond acceptors (Lipinski definition) is 3. The molecule has 5 nitrogen and oxygen atoms in total. The molecular weight excluding hydrogens is 450 g/mol. The van der Waals surface area contributed by atoms with E-state index in [-0.39, 0.29) is 30.5 Å². The van der Waals surface area contributed by atoms with Gasteiger partial charge in [0.15, 0.2) is 0 Å². The molecule has 3 aliphatic rings. The van der Waals surface area contributed by atoms with Gasteiger partial charge in [-0.3, -0.25) is 14.5 Å². The van der Waals surface area contributed by atoms with E-state index in [1.165, 1.54) is 10.7 Å². The third kappa shape index (κ3) is 3.99. The minimum Gasteiger partial charge on any atom is -0.347 e. The Morgan fingerprint density at radius 3 is 2.42 bits per heavy atom. The number of rotatable bonds is 7. The lowest BCUT2D eigenvalue weighted by Gasteiger charge is -2.69. The number of hydrogen-bond donors (Lipinski definition) is 1. The summed E-state index contributed by atoms with van der Waals surface area (Å²) in [4.78, 5) is 16.3. The van der Waals surface area contributed by atoms with Crippen LogP contribution in [0.5, 0.6) is 0 Å². The maximum Gasteiger partial charge on any atom is 0.433 e. The number of nitrogens with zero attached hydrogens (tertiary/aromatic N) is 3. The van der Waals surface area contributed by atoms with Crippen molar-refractivity contribution in [2.75, 3.05) is 0 Å². The highest BCUT2D eigenvalue weighted by Crippen LogP contribution is 2.78. The topological polar surface area (TPSA) is 59.8 Å².